The molecule has 310 valence electrons. The molecule has 12 atom stereocenters. The lowest BCUT2D eigenvalue weighted by atomic mass is 9.43. The van der Waals surface area contributed by atoms with Crippen LogP contribution < -0.4 is 10.4 Å². The highest BCUT2D eigenvalue weighted by molar-refractivity contribution is 6.99. The molecule has 5 aliphatic rings. The van der Waals surface area contributed by atoms with Gasteiger partial charge in [0, 0.05) is 44.1 Å². The molecule has 2 aromatic carbocycles. The number of esters is 3. The van der Waals surface area contributed by atoms with E-state index in [1.807, 2.05) is 0 Å². The van der Waals surface area contributed by atoms with Crippen molar-refractivity contribution in [3.8, 4) is 0 Å². The fourth-order valence-electron chi connectivity index (χ4n) is 13.1. The van der Waals surface area contributed by atoms with Gasteiger partial charge in [-0.1, -0.05) is 128 Å². The first-order valence-corrected chi connectivity index (χ1v) is 23.8. The molecule has 8 heteroatoms. The molecule has 7 rings (SSSR count). The summed E-state index contributed by atoms with van der Waals surface area (Å²) in [7, 11) is -2.86. The zero-order valence-corrected chi connectivity index (χ0v) is 37.2. The number of cyclic esters (lactones) is 1. The van der Waals surface area contributed by atoms with E-state index in [0.717, 1.165) is 44.9 Å². The summed E-state index contributed by atoms with van der Waals surface area (Å²) in [6.07, 6.45) is 7.94. The molecule has 3 saturated carbocycles. The molecule has 0 unspecified atom stereocenters. The summed E-state index contributed by atoms with van der Waals surface area (Å²) in [5.41, 5.74) is 1.09. The van der Waals surface area contributed by atoms with Crippen LogP contribution in [0.3, 0.4) is 0 Å². The second-order valence-corrected chi connectivity index (χ2v) is 24.6. The highest BCUT2D eigenvalue weighted by Gasteiger charge is 2.67. The number of benzene rings is 2. The van der Waals surface area contributed by atoms with Gasteiger partial charge in [-0.05, 0) is 94.9 Å². The van der Waals surface area contributed by atoms with Crippen molar-refractivity contribution in [3.05, 3.63) is 72.3 Å². The maximum absolute atomic E-state index is 13.2. The molecule has 0 spiro atoms. The Balaban J connectivity index is 1.24. The summed E-state index contributed by atoms with van der Waals surface area (Å²) >= 11 is 0. The SMILES string of the molecule is CC(=O)O[C@H]1[C@H](OC(C)=O)[C@H]2C[C@@H](O[Si](c3ccccc3)(c3ccccc3)C(C)(C)C)CC[C@]2(C)[C@H]2CC[C@]3(C)C([C@H](C)[C@H]4C[C@H](C(C)C)CC(=O)O4)=CC[C@H]3[C@H]12. The predicted octanol–water partition coefficient (Wildman–Crippen LogP) is 9.21. The number of allylic oxidation sites excluding steroid dienone is 1. The first-order chi connectivity index (χ1) is 26.9. The van der Waals surface area contributed by atoms with Gasteiger partial charge in [0.05, 0.1) is 0 Å². The molecule has 0 bridgehead atoms. The van der Waals surface area contributed by atoms with Gasteiger partial charge in [-0.3, -0.25) is 14.4 Å². The predicted molar refractivity (Wildman–Crippen MR) is 226 cm³/mol. The standard InChI is InChI=1S/C49H68O7Si/c1-30(2)34-27-42(55-43(52)28-34)31(3)38-21-22-39-44-40(24-26-48(38,39)9)49(10)25-23-35(29-41(49)45(53-32(4)50)46(44)54-33(5)51)56-57(47(6,7)8,36-17-13-11-14-18-36)37-19-15-12-16-20-37/h11-21,30-31,34-35,39-42,44-46H,22-29H2,1-10H3/t31-,34-,35-,39-,40-,41+,42+,44-,45+,46+,48+,49+/m0/s1. The van der Waals surface area contributed by atoms with Crippen molar-refractivity contribution in [3.63, 3.8) is 0 Å². The lowest BCUT2D eigenvalue weighted by molar-refractivity contribution is -0.237. The Hall–Kier alpha value is -3.23. The highest BCUT2D eigenvalue weighted by Crippen LogP contribution is 2.68. The van der Waals surface area contributed by atoms with Crippen molar-refractivity contribution < 1.29 is 33.0 Å². The van der Waals surface area contributed by atoms with Crippen LogP contribution in [0.1, 0.15) is 121 Å². The van der Waals surface area contributed by atoms with Crippen LogP contribution in [0.4, 0.5) is 0 Å². The fourth-order valence-corrected chi connectivity index (χ4v) is 17.8. The first-order valence-electron chi connectivity index (χ1n) is 21.9. The summed E-state index contributed by atoms with van der Waals surface area (Å²) in [5.74, 6) is 0.546. The zero-order chi connectivity index (χ0) is 41.1. The van der Waals surface area contributed by atoms with Crippen molar-refractivity contribution in [2.24, 2.45) is 52.3 Å². The number of fused-ring (bicyclic) bond motifs is 5. The van der Waals surface area contributed by atoms with Crippen molar-refractivity contribution in [1.29, 1.82) is 0 Å². The van der Waals surface area contributed by atoms with E-state index in [0.29, 0.717) is 18.3 Å². The van der Waals surface area contributed by atoms with Gasteiger partial charge < -0.3 is 18.6 Å². The van der Waals surface area contributed by atoms with E-state index in [1.54, 1.807) is 0 Å². The molecule has 0 radical (unpaired) electrons. The van der Waals surface area contributed by atoms with E-state index in [2.05, 4.69) is 122 Å². The third kappa shape index (κ3) is 7.38. The van der Waals surface area contributed by atoms with Crippen LogP contribution >= 0.6 is 0 Å². The van der Waals surface area contributed by atoms with Gasteiger partial charge in [-0.25, -0.2) is 0 Å². The average molecular weight is 797 g/mol. The van der Waals surface area contributed by atoms with Crippen molar-refractivity contribution in [1.82, 2.24) is 0 Å². The Kier molecular flexibility index (Phi) is 11.6. The van der Waals surface area contributed by atoms with Gasteiger partial charge in [0.2, 0.25) is 0 Å². The Morgan fingerprint density at radius 2 is 1.40 bits per heavy atom. The maximum Gasteiger partial charge on any atom is 0.306 e. The van der Waals surface area contributed by atoms with Gasteiger partial charge >= 0.3 is 17.9 Å². The molecule has 57 heavy (non-hydrogen) atoms. The van der Waals surface area contributed by atoms with Gasteiger partial charge in [-0.2, -0.15) is 0 Å². The number of rotatable bonds is 9. The molecule has 4 aliphatic carbocycles. The maximum atomic E-state index is 13.2. The minimum Gasteiger partial charge on any atom is -0.462 e. The molecule has 7 nitrogen and oxygen atoms in total. The Morgan fingerprint density at radius 1 is 0.807 bits per heavy atom. The quantitative estimate of drug-likeness (QED) is 0.108. The van der Waals surface area contributed by atoms with E-state index in [9.17, 15) is 14.4 Å². The van der Waals surface area contributed by atoms with E-state index in [-0.39, 0.29) is 75.6 Å². The third-order valence-electron chi connectivity index (χ3n) is 15.9. The smallest absolute Gasteiger partial charge is 0.306 e. The molecule has 0 aromatic heterocycles. The fraction of sp³-hybridized carbons (Fsp3) is 0.653. The van der Waals surface area contributed by atoms with Crippen molar-refractivity contribution in [2.75, 3.05) is 0 Å². The minimum atomic E-state index is -2.86. The molecule has 1 heterocycles. The number of carbonyl (C=O) groups excluding carboxylic acids is 3. The van der Waals surface area contributed by atoms with Crippen LogP contribution in [-0.2, 0) is 33.0 Å². The van der Waals surface area contributed by atoms with E-state index < -0.39 is 20.5 Å². The van der Waals surface area contributed by atoms with Gasteiger partial charge in [0.15, 0.2) is 0 Å². The van der Waals surface area contributed by atoms with E-state index >= 15 is 0 Å². The van der Waals surface area contributed by atoms with Gasteiger partial charge in [0.1, 0.15) is 18.3 Å². The van der Waals surface area contributed by atoms with Crippen LogP contribution in [-0.4, -0.2) is 50.6 Å². The van der Waals surface area contributed by atoms with Crippen LogP contribution in [0, 0.1) is 52.3 Å². The van der Waals surface area contributed by atoms with Crippen LogP contribution in [0.15, 0.2) is 72.3 Å². The third-order valence-corrected chi connectivity index (χ3v) is 21.0. The topological polar surface area (TPSA) is 88.1 Å². The Labute approximate surface area is 343 Å². The molecular weight excluding hydrogens is 729 g/mol. The average Bonchev–Trinajstić information content (AvgIpc) is 3.51. The molecule has 0 N–H and O–H groups in total. The molecule has 2 aromatic rings. The number of hydrogen-bond acceptors (Lipinski definition) is 7. The summed E-state index contributed by atoms with van der Waals surface area (Å²) < 4.78 is 26.8. The molecular formula is C49H68O7Si. The largest absolute Gasteiger partial charge is 0.462 e. The van der Waals surface area contributed by atoms with Crippen molar-refractivity contribution in [2.45, 2.75) is 150 Å². The zero-order valence-electron chi connectivity index (χ0n) is 36.2. The molecule has 4 fully saturated rings. The normalized spacial score (nSPS) is 35.9. The number of ether oxygens (including phenoxy) is 3. The summed E-state index contributed by atoms with van der Waals surface area (Å²) in [5, 5.41) is 2.33. The molecule has 1 saturated heterocycles. The second-order valence-electron chi connectivity index (χ2n) is 20.3. The number of carbonyl (C=O) groups is 3. The van der Waals surface area contributed by atoms with Gasteiger partial charge in [0.25, 0.3) is 8.32 Å². The monoisotopic (exact) mass is 796 g/mol. The van der Waals surface area contributed by atoms with Crippen LogP contribution in [0.2, 0.25) is 5.04 Å². The Morgan fingerprint density at radius 3 is 1.96 bits per heavy atom. The number of hydrogen-bond donors (Lipinski definition) is 0. The summed E-state index contributed by atoms with van der Waals surface area (Å²) in [4.78, 5) is 39.2. The highest BCUT2D eigenvalue weighted by atomic mass is 28.4. The van der Waals surface area contributed by atoms with Crippen LogP contribution in [0.5, 0.6) is 0 Å². The second kappa shape index (κ2) is 15.7. The van der Waals surface area contributed by atoms with Crippen LogP contribution in [0.25, 0.3) is 0 Å². The summed E-state index contributed by atoms with van der Waals surface area (Å²) in [6, 6.07) is 21.6. The van der Waals surface area contributed by atoms with E-state index in [1.165, 1.54) is 29.8 Å². The lowest BCUT2D eigenvalue weighted by Gasteiger charge is -2.64. The van der Waals surface area contributed by atoms with Crippen molar-refractivity contribution >= 4 is 36.6 Å². The first kappa shape index (κ1) is 41.9. The Bertz CT molecular complexity index is 1780. The molecule has 1 aliphatic heterocycles. The lowest BCUT2D eigenvalue weighted by Crippen LogP contribution is -2.69. The van der Waals surface area contributed by atoms with E-state index in [4.69, 9.17) is 18.6 Å². The minimum absolute atomic E-state index is 0.0191. The van der Waals surface area contributed by atoms with Gasteiger partial charge in [-0.15, -0.1) is 0 Å². The molecule has 0 amide bonds. The summed E-state index contributed by atoms with van der Waals surface area (Å²) in [6.45, 7) is 21.5.